The molecule has 1 aromatic rings. The predicted molar refractivity (Wildman–Crippen MR) is 63.1 cm³/mol. The van der Waals surface area contributed by atoms with Gasteiger partial charge >= 0.3 is 0 Å². The number of non-ortho nitro benzene ring substituents is 1. The minimum absolute atomic E-state index is 0.0912. The third-order valence-corrected chi connectivity index (χ3v) is 2.46. The SMILES string of the molecule is O=[N+]([O-])c1ccc(/C=N\N2CCOCC2)cc1. The number of hydrogen-bond acceptors (Lipinski definition) is 5. The Morgan fingerprint density at radius 2 is 1.94 bits per heavy atom. The van der Waals surface area contributed by atoms with Gasteiger partial charge < -0.3 is 4.74 Å². The standard InChI is InChI=1S/C11H13N3O3/c15-14(16)11-3-1-10(2-4-11)9-12-13-5-7-17-8-6-13/h1-4,9H,5-8H2/b12-9-. The van der Waals surface area contributed by atoms with Gasteiger partial charge in [0.15, 0.2) is 0 Å². The summed E-state index contributed by atoms with van der Waals surface area (Å²) >= 11 is 0. The molecular formula is C11H13N3O3. The van der Waals surface area contributed by atoms with Gasteiger partial charge in [0.25, 0.3) is 5.69 Å². The van der Waals surface area contributed by atoms with Crippen LogP contribution in [-0.2, 0) is 4.74 Å². The molecule has 1 saturated heterocycles. The quantitative estimate of drug-likeness (QED) is 0.449. The summed E-state index contributed by atoms with van der Waals surface area (Å²) in [6.07, 6.45) is 1.70. The maximum atomic E-state index is 10.5. The molecule has 0 aromatic heterocycles. The molecule has 0 N–H and O–H groups in total. The molecule has 0 bridgehead atoms. The normalized spacial score (nSPS) is 16.4. The summed E-state index contributed by atoms with van der Waals surface area (Å²) in [4.78, 5) is 10.1. The Labute approximate surface area is 98.6 Å². The number of benzene rings is 1. The number of rotatable bonds is 3. The van der Waals surface area contributed by atoms with E-state index in [-0.39, 0.29) is 5.69 Å². The average Bonchev–Trinajstić information content (AvgIpc) is 2.38. The zero-order valence-electron chi connectivity index (χ0n) is 9.28. The summed E-state index contributed by atoms with van der Waals surface area (Å²) in [5.41, 5.74) is 0.940. The molecule has 0 saturated carbocycles. The molecule has 0 amide bonds. The van der Waals surface area contributed by atoms with Gasteiger partial charge in [0.1, 0.15) is 0 Å². The van der Waals surface area contributed by atoms with Crippen LogP contribution in [0.3, 0.4) is 0 Å². The first-order valence-electron chi connectivity index (χ1n) is 5.37. The van der Waals surface area contributed by atoms with Crippen molar-refractivity contribution in [3.05, 3.63) is 39.9 Å². The van der Waals surface area contributed by atoms with Crippen LogP contribution in [0.5, 0.6) is 0 Å². The van der Waals surface area contributed by atoms with Crippen LogP contribution in [-0.4, -0.2) is 42.5 Å². The van der Waals surface area contributed by atoms with Crippen molar-refractivity contribution >= 4 is 11.9 Å². The molecule has 90 valence electrons. The Balaban J connectivity index is 1.98. The van der Waals surface area contributed by atoms with Crippen molar-refractivity contribution in [2.24, 2.45) is 5.10 Å². The van der Waals surface area contributed by atoms with E-state index in [9.17, 15) is 10.1 Å². The first kappa shape index (κ1) is 11.5. The van der Waals surface area contributed by atoms with Crippen LogP contribution in [0, 0.1) is 10.1 Å². The fourth-order valence-corrected chi connectivity index (χ4v) is 1.50. The first-order chi connectivity index (χ1) is 8.25. The largest absolute Gasteiger partial charge is 0.378 e. The molecular weight excluding hydrogens is 222 g/mol. The topological polar surface area (TPSA) is 68.0 Å². The predicted octanol–water partition coefficient (Wildman–Crippen LogP) is 1.26. The maximum Gasteiger partial charge on any atom is 0.269 e. The van der Waals surface area contributed by atoms with Gasteiger partial charge in [-0.2, -0.15) is 5.10 Å². The van der Waals surface area contributed by atoms with Crippen molar-refractivity contribution < 1.29 is 9.66 Å². The summed E-state index contributed by atoms with van der Waals surface area (Å²) in [7, 11) is 0. The summed E-state index contributed by atoms with van der Waals surface area (Å²) in [5.74, 6) is 0. The van der Waals surface area contributed by atoms with Gasteiger partial charge in [-0.25, -0.2) is 0 Å². The molecule has 0 aliphatic carbocycles. The van der Waals surface area contributed by atoms with Crippen LogP contribution in [0.4, 0.5) is 5.69 Å². The van der Waals surface area contributed by atoms with Crippen LogP contribution in [0.1, 0.15) is 5.56 Å². The minimum Gasteiger partial charge on any atom is -0.378 e. The fraction of sp³-hybridized carbons (Fsp3) is 0.364. The van der Waals surface area contributed by atoms with Crippen LogP contribution >= 0.6 is 0 Å². The van der Waals surface area contributed by atoms with Crippen LogP contribution in [0.15, 0.2) is 29.4 Å². The molecule has 0 spiro atoms. The zero-order valence-corrected chi connectivity index (χ0v) is 9.28. The Morgan fingerprint density at radius 1 is 1.29 bits per heavy atom. The molecule has 1 aliphatic heterocycles. The molecule has 1 aromatic carbocycles. The van der Waals surface area contributed by atoms with Crippen molar-refractivity contribution in [2.45, 2.75) is 0 Å². The summed E-state index contributed by atoms with van der Waals surface area (Å²) < 4.78 is 5.20. The van der Waals surface area contributed by atoms with Gasteiger partial charge in [0, 0.05) is 12.1 Å². The van der Waals surface area contributed by atoms with E-state index < -0.39 is 4.92 Å². The number of hydrogen-bond donors (Lipinski definition) is 0. The number of hydrazone groups is 1. The van der Waals surface area contributed by atoms with Crippen LogP contribution < -0.4 is 0 Å². The number of morpholine rings is 1. The number of nitro groups is 1. The monoisotopic (exact) mass is 235 g/mol. The number of ether oxygens (including phenoxy) is 1. The van der Waals surface area contributed by atoms with Gasteiger partial charge in [-0.1, -0.05) is 0 Å². The second-order valence-corrected chi connectivity index (χ2v) is 3.66. The molecule has 6 nitrogen and oxygen atoms in total. The lowest BCUT2D eigenvalue weighted by Crippen LogP contribution is -2.32. The smallest absolute Gasteiger partial charge is 0.269 e. The van der Waals surface area contributed by atoms with E-state index in [1.165, 1.54) is 12.1 Å². The fourth-order valence-electron chi connectivity index (χ4n) is 1.50. The molecule has 0 radical (unpaired) electrons. The molecule has 0 unspecified atom stereocenters. The Morgan fingerprint density at radius 3 is 2.53 bits per heavy atom. The highest BCUT2D eigenvalue weighted by atomic mass is 16.6. The lowest BCUT2D eigenvalue weighted by molar-refractivity contribution is -0.384. The zero-order chi connectivity index (χ0) is 12.1. The maximum absolute atomic E-state index is 10.5. The molecule has 1 fully saturated rings. The highest BCUT2D eigenvalue weighted by Gasteiger charge is 2.06. The van der Waals surface area contributed by atoms with E-state index in [2.05, 4.69) is 5.10 Å². The Bertz CT molecular complexity index is 410. The van der Waals surface area contributed by atoms with Crippen molar-refractivity contribution in [2.75, 3.05) is 26.3 Å². The molecule has 0 atom stereocenters. The van der Waals surface area contributed by atoms with E-state index in [1.807, 2.05) is 5.01 Å². The lowest BCUT2D eigenvalue weighted by Gasteiger charge is -2.23. The average molecular weight is 235 g/mol. The van der Waals surface area contributed by atoms with Crippen molar-refractivity contribution in [1.82, 2.24) is 5.01 Å². The van der Waals surface area contributed by atoms with Crippen molar-refractivity contribution in [3.63, 3.8) is 0 Å². The first-order valence-corrected chi connectivity index (χ1v) is 5.37. The summed E-state index contributed by atoms with van der Waals surface area (Å²) in [6.45, 7) is 2.95. The van der Waals surface area contributed by atoms with Gasteiger partial charge in [-0.05, 0) is 17.7 Å². The van der Waals surface area contributed by atoms with E-state index >= 15 is 0 Å². The summed E-state index contributed by atoms with van der Waals surface area (Å²) in [6, 6.07) is 6.31. The van der Waals surface area contributed by atoms with E-state index in [0.29, 0.717) is 13.2 Å². The molecule has 1 aliphatic rings. The van der Waals surface area contributed by atoms with Gasteiger partial charge in [-0.3, -0.25) is 15.1 Å². The summed E-state index contributed by atoms with van der Waals surface area (Å²) in [5, 5.41) is 16.7. The minimum atomic E-state index is -0.414. The van der Waals surface area contributed by atoms with Gasteiger partial charge in [-0.15, -0.1) is 0 Å². The third kappa shape index (κ3) is 3.25. The van der Waals surface area contributed by atoms with Crippen LogP contribution in [0.2, 0.25) is 0 Å². The lowest BCUT2D eigenvalue weighted by atomic mass is 10.2. The molecule has 2 rings (SSSR count). The molecule has 17 heavy (non-hydrogen) atoms. The second-order valence-electron chi connectivity index (χ2n) is 3.66. The number of nitro benzene ring substituents is 1. The van der Waals surface area contributed by atoms with E-state index in [4.69, 9.17) is 4.74 Å². The molecule has 6 heteroatoms. The van der Waals surface area contributed by atoms with Gasteiger partial charge in [0.05, 0.1) is 37.4 Å². The Kier molecular flexibility index (Phi) is 3.66. The van der Waals surface area contributed by atoms with Gasteiger partial charge in [0.2, 0.25) is 0 Å². The van der Waals surface area contributed by atoms with Crippen molar-refractivity contribution in [1.29, 1.82) is 0 Å². The highest BCUT2D eigenvalue weighted by molar-refractivity contribution is 5.79. The van der Waals surface area contributed by atoms with Crippen molar-refractivity contribution in [3.8, 4) is 0 Å². The van der Waals surface area contributed by atoms with E-state index in [1.54, 1.807) is 18.3 Å². The van der Waals surface area contributed by atoms with E-state index in [0.717, 1.165) is 18.7 Å². The van der Waals surface area contributed by atoms with Crippen LogP contribution in [0.25, 0.3) is 0 Å². The second kappa shape index (κ2) is 5.40. The molecule has 1 heterocycles. The third-order valence-electron chi connectivity index (χ3n) is 2.46. The number of nitrogens with zero attached hydrogens (tertiary/aromatic N) is 3. The highest BCUT2D eigenvalue weighted by Crippen LogP contribution is 2.10. The Hall–Kier alpha value is -1.95.